The Morgan fingerprint density at radius 3 is 2.94 bits per heavy atom. The van der Waals surface area contributed by atoms with Crippen molar-refractivity contribution in [2.24, 2.45) is 5.92 Å². The standard InChI is InChI=1S/C14H20BrN3/c15-13-4-2-8-17-14(13)18(12-5-6-12)10-11-3-1-7-16-9-11/h2,4,8,11-12,16H,1,3,5-7,9-10H2. The Hall–Kier alpha value is -0.610. The summed E-state index contributed by atoms with van der Waals surface area (Å²) in [6.07, 6.45) is 7.20. The Morgan fingerprint density at radius 2 is 2.28 bits per heavy atom. The van der Waals surface area contributed by atoms with E-state index in [2.05, 4.69) is 37.2 Å². The van der Waals surface area contributed by atoms with Gasteiger partial charge < -0.3 is 10.2 Å². The third kappa shape index (κ3) is 2.86. The fraction of sp³-hybridized carbons (Fsp3) is 0.643. The smallest absolute Gasteiger partial charge is 0.143 e. The molecule has 3 rings (SSSR count). The Bertz CT molecular complexity index is 400. The number of rotatable bonds is 4. The minimum atomic E-state index is 0.720. The molecule has 3 nitrogen and oxygen atoms in total. The Morgan fingerprint density at radius 1 is 1.39 bits per heavy atom. The molecule has 18 heavy (non-hydrogen) atoms. The normalized spacial score (nSPS) is 23.9. The van der Waals surface area contributed by atoms with Crippen molar-refractivity contribution in [3.05, 3.63) is 22.8 Å². The minimum Gasteiger partial charge on any atom is -0.352 e. The van der Waals surface area contributed by atoms with Crippen molar-refractivity contribution in [2.75, 3.05) is 24.5 Å². The highest BCUT2D eigenvalue weighted by Gasteiger charge is 2.32. The lowest BCUT2D eigenvalue weighted by atomic mass is 9.99. The summed E-state index contributed by atoms with van der Waals surface area (Å²) in [5.74, 6) is 1.90. The molecule has 0 radical (unpaired) electrons. The molecule has 1 saturated carbocycles. The zero-order valence-electron chi connectivity index (χ0n) is 10.6. The fourth-order valence-electron chi connectivity index (χ4n) is 2.74. The van der Waals surface area contributed by atoms with Crippen LogP contribution in [-0.4, -0.2) is 30.7 Å². The molecule has 1 N–H and O–H groups in total. The van der Waals surface area contributed by atoms with Crippen LogP contribution in [0.4, 0.5) is 5.82 Å². The van der Waals surface area contributed by atoms with Gasteiger partial charge in [0, 0.05) is 18.8 Å². The van der Waals surface area contributed by atoms with E-state index in [1.54, 1.807) is 0 Å². The molecule has 0 aromatic carbocycles. The van der Waals surface area contributed by atoms with Crippen LogP contribution in [0.15, 0.2) is 22.8 Å². The van der Waals surface area contributed by atoms with E-state index in [4.69, 9.17) is 0 Å². The third-order valence-electron chi connectivity index (χ3n) is 3.85. The summed E-state index contributed by atoms with van der Waals surface area (Å²) in [6.45, 7) is 3.49. The van der Waals surface area contributed by atoms with Crippen molar-refractivity contribution in [1.82, 2.24) is 10.3 Å². The molecule has 2 fully saturated rings. The fourth-order valence-corrected chi connectivity index (χ4v) is 3.22. The van der Waals surface area contributed by atoms with E-state index in [0.717, 1.165) is 35.3 Å². The van der Waals surface area contributed by atoms with Crippen LogP contribution in [0.1, 0.15) is 25.7 Å². The first kappa shape index (κ1) is 12.4. The highest BCUT2D eigenvalue weighted by molar-refractivity contribution is 9.10. The molecule has 2 heterocycles. The van der Waals surface area contributed by atoms with Crippen molar-refractivity contribution >= 4 is 21.7 Å². The molecule has 1 unspecified atom stereocenters. The average molecular weight is 310 g/mol. The predicted octanol–water partition coefficient (Wildman–Crippen LogP) is 2.81. The third-order valence-corrected chi connectivity index (χ3v) is 4.47. The van der Waals surface area contributed by atoms with Crippen LogP contribution < -0.4 is 10.2 Å². The first-order chi connectivity index (χ1) is 8.84. The van der Waals surface area contributed by atoms with Gasteiger partial charge in [0.15, 0.2) is 0 Å². The summed E-state index contributed by atoms with van der Waals surface area (Å²) in [6, 6.07) is 4.80. The Labute approximate surface area is 117 Å². The summed E-state index contributed by atoms with van der Waals surface area (Å²) >= 11 is 3.64. The lowest BCUT2D eigenvalue weighted by molar-refractivity contribution is 0.375. The lowest BCUT2D eigenvalue weighted by Gasteiger charge is -2.31. The quantitative estimate of drug-likeness (QED) is 0.927. The maximum Gasteiger partial charge on any atom is 0.143 e. The topological polar surface area (TPSA) is 28.2 Å². The molecule has 1 aromatic rings. The number of hydrogen-bond donors (Lipinski definition) is 1. The van der Waals surface area contributed by atoms with Gasteiger partial charge in [0.2, 0.25) is 0 Å². The van der Waals surface area contributed by atoms with Crippen molar-refractivity contribution in [2.45, 2.75) is 31.7 Å². The van der Waals surface area contributed by atoms with E-state index in [1.807, 2.05) is 12.3 Å². The number of hydrogen-bond acceptors (Lipinski definition) is 3. The largest absolute Gasteiger partial charge is 0.352 e. The second-order valence-electron chi connectivity index (χ2n) is 5.40. The van der Waals surface area contributed by atoms with Crippen LogP contribution >= 0.6 is 15.9 Å². The van der Waals surface area contributed by atoms with Crippen LogP contribution in [0.5, 0.6) is 0 Å². The molecular weight excluding hydrogens is 290 g/mol. The molecule has 1 aromatic heterocycles. The molecule has 0 amide bonds. The van der Waals surface area contributed by atoms with E-state index < -0.39 is 0 Å². The summed E-state index contributed by atoms with van der Waals surface area (Å²) in [5, 5.41) is 3.51. The van der Waals surface area contributed by atoms with Crippen molar-refractivity contribution < 1.29 is 0 Å². The molecule has 1 aliphatic heterocycles. The zero-order valence-corrected chi connectivity index (χ0v) is 12.2. The zero-order chi connectivity index (χ0) is 12.4. The number of anilines is 1. The molecular formula is C14H20BrN3. The first-order valence-corrected chi connectivity index (χ1v) is 7.72. The van der Waals surface area contributed by atoms with Gasteiger partial charge in [-0.05, 0) is 72.8 Å². The number of pyridine rings is 1. The van der Waals surface area contributed by atoms with Gasteiger partial charge in [0.05, 0.1) is 4.47 Å². The summed E-state index contributed by atoms with van der Waals surface area (Å²) in [4.78, 5) is 7.08. The molecule has 0 spiro atoms. The average Bonchev–Trinajstić information content (AvgIpc) is 3.23. The second-order valence-corrected chi connectivity index (χ2v) is 6.26. The first-order valence-electron chi connectivity index (χ1n) is 6.92. The minimum absolute atomic E-state index is 0.720. The number of nitrogens with one attached hydrogen (secondary N) is 1. The number of halogens is 1. The molecule has 1 atom stereocenters. The highest BCUT2D eigenvalue weighted by atomic mass is 79.9. The van der Waals surface area contributed by atoms with E-state index in [1.165, 1.54) is 32.2 Å². The van der Waals surface area contributed by atoms with Crippen LogP contribution in [0, 0.1) is 5.92 Å². The van der Waals surface area contributed by atoms with Gasteiger partial charge in [-0.25, -0.2) is 4.98 Å². The lowest BCUT2D eigenvalue weighted by Crippen LogP contribution is -2.39. The summed E-state index contributed by atoms with van der Waals surface area (Å²) in [7, 11) is 0. The number of nitrogens with zero attached hydrogens (tertiary/aromatic N) is 2. The van der Waals surface area contributed by atoms with Crippen molar-refractivity contribution in [3.63, 3.8) is 0 Å². The molecule has 4 heteroatoms. The Kier molecular flexibility index (Phi) is 3.85. The molecule has 98 valence electrons. The molecule has 2 aliphatic rings. The van der Waals surface area contributed by atoms with Gasteiger partial charge in [0.1, 0.15) is 5.82 Å². The van der Waals surface area contributed by atoms with E-state index >= 15 is 0 Å². The van der Waals surface area contributed by atoms with Gasteiger partial charge >= 0.3 is 0 Å². The predicted molar refractivity (Wildman–Crippen MR) is 77.9 cm³/mol. The van der Waals surface area contributed by atoms with Crippen LogP contribution in [0.3, 0.4) is 0 Å². The number of piperidine rings is 1. The Balaban J connectivity index is 1.73. The van der Waals surface area contributed by atoms with Crippen molar-refractivity contribution in [3.8, 4) is 0 Å². The van der Waals surface area contributed by atoms with Crippen LogP contribution in [-0.2, 0) is 0 Å². The van der Waals surface area contributed by atoms with Gasteiger partial charge in [0.25, 0.3) is 0 Å². The van der Waals surface area contributed by atoms with Gasteiger partial charge in [-0.15, -0.1) is 0 Å². The van der Waals surface area contributed by atoms with E-state index in [9.17, 15) is 0 Å². The second kappa shape index (κ2) is 5.57. The number of aromatic nitrogens is 1. The summed E-state index contributed by atoms with van der Waals surface area (Å²) < 4.78 is 1.13. The molecule has 1 saturated heterocycles. The van der Waals surface area contributed by atoms with E-state index in [-0.39, 0.29) is 0 Å². The maximum atomic E-state index is 4.56. The van der Waals surface area contributed by atoms with Gasteiger partial charge in [-0.2, -0.15) is 0 Å². The van der Waals surface area contributed by atoms with Crippen molar-refractivity contribution in [1.29, 1.82) is 0 Å². The highest BCUT2D eigenvalue weighted by Crippen LogP contribution is 2.35. The maximum absolute atomic E-state index is 4.56. The van der Waals surface area contributed by atoms with Gasteiger partial charge in [-0.1, -0.05) is 0 Å². The monoisotopic (exact) mass is 309 g/mol. The van der Waals surface area contributed by atoms with E-state index in [0.29, 0.717) is 0 Å². The summed E-state index contributed by atoms with van der Waals surface area (Å²) in [5.41, 5.74) is 0. The molecule has 1 aliphatic carbocycles. The van der Waals surface area contributed by atoms with Gasteiger partial charge in [-0.3, -0.25) is 0 Å². The SMILES string of the molecule is Brc1cccnc1N(CC1CCCNC1)C1CC1. The van der Waals surface area contributed by atoms with Crippen LogP contribution in [0.2, 0.25) is 0 Å². The molecule has 0 bridgehead atoms. The van der Waals surface area contributed by atoms with Crippen LogP contribution in [0.25, 0.3) is 0 Å².